The number of allylic oxidation sites excluding steroid dienone is 2. The quantitative estimate of drug-likeness (QED) is 0.202. The maximum Gasteiger partial charge on any atom is 0.668 e. The highest BCUT2D eigenvalue weighted by molar-refractivity contribution is 8.18. The Kier molecular flexibility index (Phi) is 6.81. The van der Waals surface area contributed by atoms with Gasteiger partial charge in [0.1, 0.15) is 22.6 Å². The SMILES string of the molecule is Cc1csc(C(C#N)=C2C=CC(=NOP(=O)(Oc3ccccc3)Oc3ccccc3)S2)c1. The van der Waals surface area contributed by atoms with Crippen molar-refractivity contribution in [2.75, 3.05) is 0 Å². The third-order valence-corrected chi connectivity index (χ3v) is 7.27. The van der Waals surface area contributed by atoms with E-state index in [-0.39, 0.29) is 0 Å². The number of benzene rings is 2. The first kappa shape index (κ1) is 22.0. The average molecular weight is 481 g/mol. The summed E-state index contributed by atoms with van der Waals surface area (Å²) in [5.74, 6) is 0.643. The van der Waals surface area contributed by atoms with Crippen LogP contribution >= 0.6 is 30.9 Å². The molecule has 0 saturated carbocycles. The summed E-state index contributed by atoms with van der Waals surface area (Å²) in [5, 5.41) is 16.0. The number of para-hydroxylation sites is 2. The van der Waals surface area contributed by atoms with Crippen molar-refractivity contribution in [3.63, 3.8) is 0 Å². The topological polar surface area (TPSA) is 80.9 Å². The van der Waals surface area contributed by atoms with Crippen LogP contribution in [0.15, 0.2) is 94.3 Å². The van der Waals surface area contributed by atoms with Crippen LogP contribution in [-0.4, -0.2) is 5.04 Å². The summed E-state index contributed by atoms with van der Waals surface area (Å²) in [6.45, 7) is 1.98. The predicted octanol–water partition coefficient (Wildman–Crippen LogP) is 7.19. The van der Waals surface area contributed by atoms with Crippen LogP contribution in [0.5, 0.6) is 11.5 Å². The van der Waals surface area contributed by atoms with Crippen LogP contribution < -0.4 is 9.05 Å². The van der Waals surface area contributed by atoms with E-state index in [4.69, 9.17) is 13.7 Å². The summed E-state index contributed by atoms with van der Waals surface area (Å²) < 4.78 is 29.7. The minimum absolute atomic E-state index is 0.321. The molecule has 0 bridgehead atoms. The molecule has 0 amide bonds. The van der Waals surface area contributed by atoms with Crippen LogP contribution in [0.4, 0.5) is 0 Å². The number of hydrogen-bond acceptors (Lipinski definition) is 8. The molecule has 32 heavy (non-hydrogen) atoms. The van der Waals surface area contributed by atoms with Gasteiger partial charge in [-0.1, -0.05) is 53.3 Å². The first-order valence-corrected chi connectivity index (χ1v) is 12.6. The molecule has 0 radical (unpaired) electrons. The molecule has 0 N–H and O–H groups in total. The van der Waals surface area contributed by atoms with Crippen molar-refractivity contribution in [1.29, 1.82) is 5.26 Å². The van der Waals surface area contributed by atoms with Crippen LogP contribution in [0.2, 0.25) is 0 Å². The molecular weight excluding hydrogens is 463 g/mol. The molecule has 2 heterocycles. The molecule has 2 aromatic carbocycles. The number of phosphoric acid groups is 1. The Hall–Kier alpha value is -3.24. The molecule has 0 fully saturated rings. The Labute approximate surface area is 194 Å². The Bertz CT molecular complexity index is 1230. The highest BCUT2D eigenvalue weighted by Gasteiger charge is 2.34. The molecular formula is C23H17N2O4PS2. The summed E-state index contributed by atoms with van der Waals surface area (Å²) in [7, 11) is -4.13. The van der Waals surface area contributed by atoms with Crippen molar-refractivity contribution < 1.29 is 18.2 Å². The highest BCUT2D eigenvalue weighted by atomic mass is 32.2. The van der Waals surface area contributed by atoms with Gasteiger partial charge in [-0.2, -0.15) is 9.83 Å². The second-order valence-corrected chi connectivity index (χ2v) is 9.94. The van der Waals surface area contributed by atoms with E-state index in [0.717, 1.165) is 15.3 Å². The van der Waals surface area contributed by atoms with Crippen LogP contribution in [0, 0.1) is 18.3 Å². The molecule has 0 atom stereocenters. The van der Waals surface area contributed by atoms with Crippen LogP contribution in [0.3, 0.4) is 0 Å². The first-order valence-electron chi connectivity index (χ1n) is 9.46. The molecule has 1 aromatic heterocycles. The van der Waals surface area contributed by atoms with Crippen molar-refractivity contribution in [3.8, 4) is 17.6 Å². The molecule has 0 aliphatic carbocycles. The van der Waals surface area contributed by atoms with Gasteiger partial charge in [0, 0.05) is 9.78 Å². The van der Waals surface area contributed by atoms with Gasteiger partial charge < -0.3 is 9.05 Å². The van der Waals surface area contributed by atoms with E-state index in [2.05, 4.69) is 11.2 Å². The van der Waals surface area contributed by atoms with E-state index in [1.54, 1.807) is 60.7 Å². The standard InChI is InChI=1S/C23H17N2O4PS2/c1-17-14-22(31-16-17)20(15-24)21-12-13-23(32-21)25-29-30(26,27-18-8-4-2-5-9-18)28-19-10-6-3-7-11-19/h2-14,16H,1H3. The van der Waals surface area contributed by atoms with E-state index in [1.165, 1.54) is 23.1 Å². The Balaban J connectivity index is 1.55. The van der Waals surface area contributed by atoms with E-state index in [0.29, 0.717) is 22.1 Å². The van der Waals surface area contributed by atoms with Crippen LogP contribution in [0.1, 0.15) is 10.4 Å². The first-order chi connectivity index (χ1) is 15.5. The van der Waals surface area contributed by atoms with E-state index < -0.39 is 7.82 Å². The minimum Gasteiger partial charge on any atom is -0.385 e. The summed E-state index contributed by atoms with van der Waals surface area (Å²) in [6, 6.07) is 21.4. The third-order valence-electron chi connectivity index (χ3n) is 4.08. The lowest BCUT2D eigenvalue weighted by Gasteiger charge is -2.16. The lowest BCUT2D eigenvalue weighted by Crippen LogP contribution is -2.03. The van der Waals surface area contributed by atoms with Gasteiger partial charge in [-0.3, -0.25) is 4.62 Å². The lowest BCUT2D eigenvalue weighted by molar-refractivity contribution is 0.219. The number of hydrogen-bond donors (Lipinski definition) is 0. The highest BCUT2D eigenvalue weighted by Crippen LogP contribution is 2.50. The largest absolute Gasteiger partial charge is 0.668 e. The maximum absolute atomic E-state index is 13.3. The molecule has 160 valence electrons. The van der Waals surface area contributed by atoms with Crippen molar-refractivity contribution >= 4 is 41.5 Å². The van der Waals surface area contributed by atoms with Crippen LogP contribution in [-0.2, 0) is 9.19 Å². The van der Waals surface area contributed by atoms with Gasteiger partial charge in [-0.25, -0.2) is 0 Å². The number of nitrogens with zero attached hydrogens (tertiary/aromatic N) is 2. The van der Waals surface area contributed by atoms with Gasteiger partial charge in [0.25, 0.3) is 0 Å². The summed E-state index contributed by atoms with van der Waals surface area (Å²) in [5.41, 5.74) is 1.65. The van der Waals surface area contributed by atoms with E-state index >= 15 is 0 Å². The van der Waals surface area contributed by atoms with Crippen molar-refractivity contribution in [2.45, 2.75) is 6.92 Å². The number of thiophene rings is 1. The fraction of sp³-hybridized carbons (Fsp3) is 0.0435. The normalized spacial score (nSPS) is 15.9. The zero-order chi connectivity index (χ0) is 22.4. The summed E-state index contributed by atoms with van der Waals surface area (Å²) >= 11 is 2.75. The number of rotatable bonds is 7. The summed E-state index contributed by atoms with van der Waals surface area (Å²) in [6.07, 6.45) is 3.47. The van der Waals surface area contributed by atoms with Crippen molar-refractivity contribution in [3.05, 3.63) is 99.6 Å². The van der Waals surface area contributed by atoms with Gasteiger partial charge in [-0.05, 0) is 60.4 Å². The molecule has 6 nitrogen and oxygen atoms in total. The van der Waals surface area contributed by atoms with Gasteiger partial charge in [-0.15, -0.1) is 11.3 Å². The number of nitriles is 1. The number of thioether (sulfide) groups is 1. The average Bonchev–Trinajstić information content (AvgIpc) is 3.44. The molecule has 0 unspecified atom stereocenters. The third kappa shape index (κ3) is 5.51. The Morgan fingerprint density at radius 2 is 1.62 bits per heavy atom. The molecule has 4 rings (SSSR count). The van der Waals surface area contributed by atoms with Crippen molar-refractivity contribution in [2.24, 2.45) is 5.16 Å². The van der Waals surface area contributed by atoms with Crippen molar-refractivity contribution in [1.82, 2.24) is 0 Å². The smallest absolute Gasteiger partial charge is 0.385 e. The zero-order valence-electron chi connectivity index (χ0n) is 16.9. The van der Waals surface area contributed by atoms with E-state index in [1.807, 2.05) is 30.5 Å². The molecule has 1 aliphatic heterocycles. The molecule has 0 saturated heterocycles. The Morgan fingerprint density at radius 3 is 2.16 bits per heavy atom. The number of oxime groups is 1. The predicted molar refractivity (Wildman–Crippen MR) is 129 cm³/mol. The molecule has 0 spiro atoms. The molecule has 3 aromatic rings. The van der Waals surface area contributed by atoms with Crippen LogP contribution in [0.25, 0.3) is 5.57 Å². The second-order valence-electron chi connectivity index (χ2n) is 6.54. The molecule has 1 aliphatic rings. The maximum atomic E-state index is 13.3. The fourth-order valence-corrected chi connectivity index (χ4v) is 5.58. The Morgan fingerprint density at radius 1 is 1.00 bits per heavy atom. The summed E-state index contributed by atoms with van der Waals surface area (Å²) in [4.78, 5) is 1.62. The van der Waals surface area contributed by atoms with E-state index in [9.17, 15) is 9.83 Å². The monoisotopic (exact) mass is 480 g/mol. The number of aryl methyl sites for hydroxylation is 1. The fourth-order valence-electron chi connectivity index (χ4n) is 2.67. The van der Waals surface area contributed by atoms with Gasteiger partial charge in [0.2, 0.25) is 0 Å². The molecule has 9 heteroatoms. The second kappa shape index (κ2) is 9.92. The van der Waals surface area contributed by atoms with Gasteiger partial charge >= 0.3 is 7.82 Å². The lowest BCUT2D eigenvalue weighted by atomic mass is 10.2. The number of phosphoric ester groups is 1. The minimum atomic E-state index is -4.13. The van der Waals surface area contributed by atoms with Gasteiger partial charge in [0.15, 0.2) is 0 Å². The van der Waals surface area contributed by atoms with Gasteiger partial charge in [0.05, 0.1) is 5.57 Å². The zero-order valence-corrected chi connectivity index (χ0v) is 19.4.